The molecule has 2 rings (SSSR count). The Morgan fingerprint density at radius 3 is 0.867 bits per heavy atom. The minimum atomic E-state index is 1.02. The van der Waals surface area contributed by atoms with E-state index in [1.165, 1.54) is 70.6 Å². The fourth-order valence-electron chi connectivity index (χ4n) is 2.66. The molecule has 0 spiro atoms. The molecule has 15 heavy (non-hydrogen) atoms. The fraction of sp³-hybridized carbons (Fsp3) is 1.00. The lowest BCUT2D eigenvalue weighted by atomic mass is 9.84. The van der Waals surface area contributed by atoms with Crippen LogP contribution in [0.4, 0.5) is 0 Å². The third kappa shape index (κ3) is 6.98. The molecule has 2 aliphatic carbocycles. The molecule has 0 aromatic carbocycles. The summed E-state index contributed by atoms with van der Waals surface area (Å²) in [6.07, 6.45) is 16.4. The van der Waals surface area contributed by atoms with Crippen molar-refractivity contribution >= 4 is 0 Å². The molecule has 0 nitrogen and oxygen atoms in total. The minimum Gasteiger partial charge on any atom is -0.0625 e. The van der Waals surface area contributed by atoms with E-state index >= 15 is 0 Å². The van der Waals surface area contributed by atoms with Gasteiger partial charge in [0.2, 0.25) is 0 Å². The van der Waals surface area contributed by atoms with E-state index in [2.05, 4.69) is 13.8 Å². The van der Waals surface area contributed by atoms with Gasteiger partial charge in [-0.15, -0.1) is 0 Å². The third-order valence-corrected chi connectivity index (χ3v) is 4.05. The number of hydrogen-bond donors (Lipinski definition) is 0. The lowest BCUT2D eigenvalue weighted by molar-refractivity contribution is 0.308. The molecule has 0 amide bonds. The monoisotopic (exact) mass is 210 g/mol. The molecule has 0 radical (unpaired) electrons. The predicted octanol–water partition coefficient (Wildman–Crippen LogP) is 5.56. The van der Waals surface area contributed by atoms with Gasteiger partial charge in [0, 0.05) is 0 Å². The predicted molar refractivity (Wildman–Crippen MR) is 69.1 cm³/mol. The molecule has 90 valence electrons. The molecule has 0 heterocycles. The lowest BCUT2D eigenvalue weighted by Gasteiger charge is -2.22. The summed E-state index contributed by atoms with van der Waals surface area (Å²) in [5, 5.41) is 0. The summed E-state index contributed by atoms with van der Waals surface area (Å²) in [6.45, 7) is 4.73. The Morgan fingerprint density at radius 2 is 0.667 bits per heavy atom. The molecule has 2 saturated carbocycles. The Bertz CT molecular complexity index is 101. The van der Waals surface area contributed by atoms with E-state index in [-0.39, 0.29) is 0 Å². The van der Waals surface area contributed by atoms with Crippen LogP contribution in [0.15, 0.2) is 0 Å². The van der Waals surface area contributed by atoms with Crippen LogP contribution in [-0.4, -0.2) is 0 Å². The zero-order valence-corrected chi connectivity index (χ0v) is 10.9. The molecule has 0 heteroatoms. The zero-order valence-electron chi connectivity index (χ0n) is 10.9. The van der Waals surface area contributed by atoms with E-state index in [0.717, 1.165) is 11.8 Å². The summed E-state index contributed by atoms with van der Waals surface area (Å²) in [5.74, 6) is 2.04. The van der Waals surface area contributed by atoms with E-state index in [1.807, 2.05) is 0 Å². The van der Waals surface area contributed by atoms with Crippen molar-refractivity contribution < 1.29 is 0 Å². The van der Waals surface area contributed by atoms with E-state index in [0.29, 0.717) is 0 Å². The average Bonchev–Trinajstić information content (AvgIpc) is 2.55. The van der Waals surface area contributed by atoms with Crippen molar-refractivity contribution in [3.05, 3.63) is 0 Å². The van der Waals surface area contributed by atoms with Crippen LogP contribution >= 0.6 is 0 Å². The van der Waals surface area contributed by atoms with Gasteiger partial charge in [0.15, 0.2) is 0 Å². The standard InChI is InChI=1S/C8H16.C7H14/c1-7-3-5-8(2)6-4-7;1-2-4-6-7-5-3-1/h7-8H,3-6H2,1-2H3;1-7H2. The summed E-state index contributed by atoms with van der Waals surface area (Å²) in [7, 11) is 0. The molecule has 0 aliphatic heterocycles. The molecule has 2 aliphatic rings. The molecule has 2 fully saturated rings. The van der Waals surface area contributed by atoms with Crippen LogP contribution < -0.4 is 0 Å². The Morgan fingerprint density at radius 1 is 0.467 bits per heavy atom. The Hall–Kier alpha value is 0. The second-order valence-electron chi connectivity index (χ2n) is 5.84. The highest BCUT2D eigenvalue weighted by Crippen LogP contribution is 2.27. The van der Waals surface area contributed by atoms with E-state index in [1.54, 1.807) is 0 Å². The van der Waals surface area contributed by atoms with Crippen LogP contribution in [0.2, 0.25) is 0 Å². The van der Waals surface area contributed by atoms with Crippen molar-refractivity contribution in [3.63, 3.8) is 0 Å². The Kier molecular flexibility index (Phi) is 7.13. The summed E-state index contributed by atoms with van der Waals surface area (Å²) in [6, 6.07) is 0. The van der Waals surface area contributed by atoms with E-state index in [9.17, 15) is 0 Å². The van der Waals surface area contributed by atoms with Gasteiger partial charge in [0.25, 0.3) is 0 Å². The SMILES string of the molecule is C1CCCCCC1.CC1CCC(C)CC1. The number of hydrogen-bond acceptors (Lipinski definition) is 0. The second-order valence-corrected chi connectivity index (χ2v) is 5.84. The van der Waals surface area contributed by atoms with Crippen molar-refractivity contribution in [2.75, 3.05) is 0 Å². The summed E-state index contributed by atoms with van der Waals surface area (Å²) >= 11 is 0. The van der Waals surface area contributed by atoms with Crippen LogP contribution in [0.1, 0.15) is 84.5 Å². The highest BCUT2D eigenvalue weighted by Gasteiger charge is 2.13. The first kappa shape index (κ1) is 13.1. The first-order valence-electron chi connectivity index (χ1n) is 7.29. The van der Waals surface area contributed by atoms with E-state index in [4.69, 9.17) is 0 Å². The summed E-state index contributed by atoms with van der Waals surface area (Å²) < 4.78 is 0. The van der Waals surface area contributed by atoms with Crippen molar-refractivity contribution in [1.29, 1.82) is 0 Å². The van der Waals surface area contributed by atoms with Crippen LogP contribution in [-0.2, 0) is 0 Å². The highest BCUT2D eigenvalue weighted by atomic mass is 14.2. The Labute approximate surface area is 96.8 Å². The highest BCUT2D eigenvalue weighted by molar-refractivity contribution is 4.65. The first-order chi connectivity index (χ1) is 7.29. The van der Waals surface area contributed by atoms with Crippen molar-refractivity contribution in [2.24, 2.45) is 11.8 Å². The molecular weight excluding hydrogens is 180 g/mol. The van der Waals surface area contributed by atoms with Crippen molar-refractivity contribution in [1.82, 2.24) is 0 Å². The quantitative estimate of drug-likeness (QED) is 0.459. The molecule has 0 unspecified atom stereocenters. The van der Waals surface area contributed by atoms with Gasteiger partial charge in [-0.25, -0.2) is 0 Å². The molecule has 0 saturated heterocycles. The molecule has 0 N–H and O–H groups in total. The second kappa shape index (κ2) is 8.19. The normalized spacial score (nSPS) is 32.4. The minimum absolute atomic E-state index is 1.02. The van der Waals surface area contributed by atoms with Gasteiger partial charge < -0.3 is 0 Å². The average molecular weight is 210 g/mol. The molecule has 0 aromatic heterocycles. The van der Waals surface area contributed by atoms with Crippen LogP contribution in [0, 0.1) is 11.8 Å². The van der Waals surface area contributed by atoms with E-state index < -0.39 is 0 Å². The van der Waals surface area contributed by atoms with Gasteiger partial charge in [-0.2, -0.15) is 0 Å². The van der Waals surface area contributed by atoms with Crippen LogP contribution in [0.3, 0.4) is 0 Å². The van der Waals surface area contributed by atoms with Crippen LogP contribution in [0.25, 0.3) is 0 Å². The zero-order chi connectivity index (χ0) is 10.9. The first-order valence-corrected chi connectivity index (χ1v) is 7.29. The maximum atomic E-state index is 2.37. The van der Waals surface area contributed by atoms with Gasteiger partial charge in [0.05, 0.1) is 0 Å². The van der Waals surface area contributed by atoms with Gasteiger partial charge in [-0.1, -0.05) is 84.5 Å². The maximum absolute atomic E-state index is 2.37. The molecular formula is C15H30. The Balaban J connectivity index is 0.000000151. The van der Waals surface area contributed by atoms with Gasteiger partial charge >= 0.3 is 0 Å². The third-order valence-electron chi connectivity index (χ3n) is 4.05. The largest absolute Gasteiger partial charge is 0.0625 e. The molecule has 0 aromatic rings. The lowest BCUT2D eigenvalue weighted by Crippen LogP contribution is -2.08. The van der Waals surface area contributed by atoms with Crippen LogP contribution in [0.5, 0.6) is 0 Å². The summed E-state index contributed by atoms with van der Waals surface area (Å²) in [5.41, 5.74) is 0. The van der Waals surface area contributed by atoms with Crippen molar-refractivity contribution in [3.8, 4) is 0 Å². The van der Waals surface area contributed by atoms with Crippen molar-refractivity contribution in [2.45, 2.75) is 84.5 Å². The maximum Gasteiger partial charge on any atom is -0.0443 e. The summed E-state index contributed by atoms with van der Waals surface area (Å²) in [4.78, 5) is 0. The smallest absolute Gasteiger partial charge is 0.0443 e. The topological polar surface area (TPSA) is 0 Å². The fourth-order valence-corrected chi connectivity index (χ4v) is 2.66. The number of rotatable bonds is 0. The molecule has 0 atom stereocenters. The van der Waals surface area contributed by atoms with Gasteiger partial charge in [-0.05, 0) is 11.8 Å². The van der Waals surface area contributed by atoms with Gasteiger partial charge in [-0.3, -0.25) is 0 Å². The van der Waals surface area contributed by atoms with Gasteiger partial charge in [0.1, 0.15) is 0 Å². The molecule has 0 bridgehead atoms.